The van der Waals surface area contributed by atoms with Crippen LogP contribution in [-0.4, -0.2) is 9.55 Å². The summed E-state index contributed by atoms with van der Waals surface area (Å²) in [5.41, 5.74) is 13.2. The number of hydrogen-bond donors (Lipinski definition) is 0. The number of benzene rings is 7. The summed E-state index contributed by atoms with van der Waals surface area (Å²) in [6, 6.07) is 70.8. The van der Waals surface area contributed by atoms with Crippen molar-refractivity contribution in [3.63, 3.8) is 0 Å². The van der Waals surface area contributed by atoms with Crippen molar-refractivity contribution in [3.05, 3.63) is 200 Å². The second-order valence-corrected chi connectivity index (χ2v) is 12.4. The van der Waals surface area contributed by atoms with E-state index in [0.29, 0.717) is 0 Å². The standard InChI is InChI=1S/C47H33N3/c1-6-16-35(17-7-1)44-33-43-42-32-37(34-26-29-41(30-27-34)49(38-20-10-3-11-21-38)39-22-12-4-13-23-39)28-31-45(42)50(40-24-14-5-15-25-40)47(43)46(48-44)36-18-8-2-9-19-36/h1-33H. The fourth-order valence-electron chi connectivity index (χ4n) is 7.02. The van der Waals surface area contributed by atoms with Gasteiger partial charge in [0.15, 0.2) is 0 Å². The summed E-state index contributed by atoms with van der Waals surface area (Å²) in [7, 11) is 0. The Balaban J connectivity index is 1.24. The molecule has 0 saturated heterocycles. The second-order valence-electron chi connectivity index (χ2n) is 12.4. The molecule has 7 aromatic carbocycles. The van der Waals surface area contributed by atoms with Crippen LogP contribution in [0.3, 0.4) is 0 Å². The molecular weight excluding hydrogens is 607 g/mol. The van der Waals surface area contributed by atoms with Crippen LogP contribution in [0.25, 0.3) is 61.1 Å². The molecule has 0 aliphatic heterocycles. The van der Waals surface area contributed by atoms with Gasteiger partial charge in [0.2, 0.25) is 0 Å². The molecule has 2 aromatic heterocycles. The molecule has 0 radical (unpaired) electrons. The molecule has 236 valence electrons. The molecule has 50 heavy (non-hydrogen) atoms. The number of para-hydroxylation sites is 3. The first-order valence-corrected chi connectivity index (χ1v) is 17.0. The highest BCUT2D eigenvalue weighted by atomic mass is 15.1. The van der Waals surface area contributed by atoms with Crippen molar-refractivity contribution in [2.45, 2.75) is 0 Å². The van der Waals surface area contributed by atoms with Gasteiger partial charge in [0, 0.05) is 44.6 Å². The zero-order valence-electron chi connectivity index (χ0n) is 27.4. The number of rotatable bonds is 7. The zero-order valence-corrected chi connectivity index (χ0v) is 27.4. The summed E-state index contributed by atoms with van der Waals surface area (Å²) in [6.45, 7) is 0. The fourth-order valence-corrected chi connectivity index (χ4v) is 7.02. The lowest BCUT2D eigenvalue weighted by atomic mass is 10.0. The molecule has 0 saturated carbocycles. The van der Waals surface area contributed by atoms with Crippen LogP contribution >= 0.6 is 0 Å². The maximum Gasteiger partial charge on any atom is 0.0956 e. The van der Waals surface area contributed by atoms with Crippen LogP contribution < -0.4 is 4.90 Å². The van der Waals surface area contributed by atoms with Crippen molar-refractivity contribution < 1.29 is 0 Å². The van der Waals surface area contributed by atoms with Crippen molar-refractivity contribution in [2.75, 3.05) is 4.90 Å². The Morgan fingerprint density at radius 2 is 0.880 bits per heavy atom. The van der Waals surface area contributed by atoms with E-state index in [0.717, 1.165) is 61.9 Å². The van der Waals surface area contributed by atoms with Gasteiger partial charge in [-0.25, -0.2) is 4.98 Å². The van der Waals surface area contributed by atoms with Gasteiger partial charge < -0.3 is 9.47 Å². The predicted octanol–water partition coefficient (Wildman–Crippen LogP) is 12.6. The summed E-state index contributed by atoms with van der Waals surface area (Å²) in [5, 5.41) is 2.37. The van der Waals surface area contributed by atoms with Crippen LogP contribution in [0, 0.1) is 0 Å². The minimum absolute atomic E-state index is 0.959. The third-order valence-corrected chi connectivity index (χ3v) is 9.36. The van der Waals surface area contributed by atoms with Crippen molar-refractivity contribution in [1.29, 1.82) is 0 Å². The Kier molecular flexibility index (Phi) is 7.49. The Bertz CT molecular complexity index is 2500. The van der Waals surface area contributed by atoms with Gasteiger partial charge in [-0.3, -0.25) is 0 Å². The van der Waals surface area contributed by atoms with Crippen LogP contribution in [0.5, 0.6) is 0 Å². The molecule has 0 spiro atoms. The first-order valence-electron chi connectivity index (χ1n) is 17.0. The summed E-state index contributed by atoms with van der Waals surface area (Å²) in [5.74, 6) is 0. The van der Waals surface area contributed by atoms with Gasteiger partial charge in [0.1, 0.15) is 0 Å². The predicted molar refractivity (Wildman–Crippen MR) is 210 cm³/mol. The summed E-state index contributed by atoms with van der Waals surface area (Å²) >= 11 is 0. The van der Waals surface area contributed by atoms with Gasteiger partial charge in [-0.15, -0.1) is 0 Å². The Hall–Kier alpha value is -6.71. The Morgan fingerprint density at radius 3 is 1.48 bits per heavy atom. The molecule has 9 aromatic rings. The molecule has 0 unspecified atom stereocenters. The number of nitrogens with zero attached hydrogens (tertiary/aromatic N) is 3. The molecule has 0 bridgehead atoms. The average Bonchev–Trinajstić information content (AvgIpc) is 3.53. The number of pyridine rings is 1. The number of fused-ring (bicyclic) bond motifs is 3. The summed E-state index contributed by atoms with van der Waals surface area (Å²) < 4.78 is 2.37. The second kappa shape index (κ2) is 12.7. The molecule has 0 N–H and O–H groups in total. The van der Waals surface area contributed by atoms with Crippen molar-refractivity contribution in [1.82, 2.24) is 9.55 Å². The van der Waals surface area contributed by atoms with E-state index in [9.17, 15) is 0 Å². The van der Waals surface area contributed by atoms with E-state index in [1.54, 1.807) is 0 Å². The van der Waals surface area contributed by atoms with E-state index < -0.39 is 0 Å². The van der Waals surface area contributed by atoms with E-state index in [2.05, 4.69) is 210 Å². The molecule has 3 heteroatoms. The van der Waals surface area contributed by atoms with Crippen LogP contribution in [0.1, 0.15) is 0 Å². The first kappa shape index (κ1) is 29.4. The highest BCUT2D eigenvalue weighted by Crippen LogP contribution is 2.41. The molecule has 9 rings (SSSR count). The SMILES string of the molecule is c1ccc(-c2cc3c4cc(-c5ccc(N(c6ccccc6)c6ccccc6)cc5)ccc4n(-c4ccccc4)c3c(-c3ccccc3)n2)cc1. The topological polar surface area (TPSA) is 21.1 Å². The minimum atomic E-state index is 0.959. The van der Waals surface area contributed by atoms with Gasteiger partial charge in [0.05, 0.1) is 22.4 Å². The average molecular weight is 640 g/mol. The molecule has 2 heterocycles. The zero-order chi connectivity index (χ0) is 33.3. The molecule has 0 atom stereocenters. The summed E-state index contributed by atoms with van der Waals surface area (Å²) in [4.78, 5) is 7.65. The fraction of sp³-hybridized carbons (Fsp3) is 0. The smallest absolute Gasteiger partial charge is 0.0956 e. The molecule has 0 amide bonds. The quantitative estimate of drug-likeness (QED) is 0.173. The summed E-state index contributed by atoms with van der Waals surface area (Å²) in [6.07, 6.45) is 0. The van der Waals surface area contributed by atoms with Crippen LogP contribution in [-0.2, 0) is 0 Å². The van der Waals surface area contributed by atoms with Crippen LogP contribution in [0.4, 0.5) is 17.1 Å². The lowest BCUT2D eigenvalue weighted by molar-refractivity contribution is 1.17. The number of aromatic nitrogens is 2. The lowest BCUT2D eigenvalue weighted by Gasteiger charge is -2.25. The highest BCUT2D eigenvalue weighted by molar-refractivity contribution is 6.15. The van der Waals surface area contributed by atoms with E-state index >= 15 is 0 Å². The monoisotopic (exact) mass is 639 g/mol. The van der Waals surface area contributed by atoms with E-state index in [1.165, 1.54) is 16.3 Å². The maximum absolute atomic E-state index is 5.35. The van der Waals surface area contributed by atoms with Gasteiger partial charge in [-0.2, -0.15) is 0 Å². The molecular formula is C47H33N3. The van der Waals surface area contributed by atoms with Crippen LogP contribution in [0.15, 0.2) is 200 Å². The molecule has 0 aliphatic carbocycles. The first-order chi connectivity index (χ1) is 24.8. The highest BCUT2D eigenvalue weighted by Gasteiger charge is 2.20. The third-order valence-electron chi connectivity index (χ3n) is 9.36. The van der Waals surface area contributed by atoms with Crippen molar-refractivity contribution in [2.24, 2.45) is 0 Å². The lowest BCUT2D eigenvalue weighted by Crippen LogP contribution is -2.09. The maximum atomic E-state index is 5.35. The van der Waals surface area contributed by atoms with Crippen molar-refractivity contribution >= 4 is 38.9 Å². The third kappa shape index (κ3) is 5.32. The molecule has 0 aliphatic rings. The van der Waals surface area contributed by atoms with Gasteiger partial charge in [-0.1, -0.05) is 133 Å². The minimum Gasteiger partial charge on any atom is -0.311 e. The molecule has 3 nitrogen and oxygen atoms in total. The molecule has 0 fully saturated rings. The Morgan fingerprint density at radius 1 is 0.380 bits per heavy atom. The largest absolute Gasteiger partial charge is 0.311 e. The Labute approximate surface area is 292 Å². The van der Waals surface area contributed by atoms with E-state index in [4.69, 9.17) is 4.98 Å². The van der Waals surface area contributed by atoms with Crippen LogP contribution in [0.2, 0.25) is 0 Å². The number of hydrogen-bond acceptors (Lipinski definition) is 2. The van der Waals surface area contributed by atoms with Crippen molar-refractivity contribution in [3.8, 4) is 39.3 Å². The van der Waals surface area contributed by atoms with E-state index in [-0.39, 0.29) is 0 Å². The number of anilines is 3. The van der Waals surface area contributed by atoms with Gasteiger partial charge >= 0.3 is 0 Å². The van der Waals surface area contributed by atoms with E-state index in [1.807, 2.05) is 0 Å². The normalized spacial score (nSPS) is 11.2. The van der Waals surface area contributed by atoms with Gasteiger partial charge in [-0.05, 0) is 77.9 Å². The van der Waals surface area contributed by atoms with Gasteiger partial charge in [0.25, 0.3) is 0 Å².